The lowest BCUT2D eigenvalue weighted by Gasteiger charge is -1.95. The summed E-state index contributed by atoms with van der Waals surface area (Å²) in [6, 6.07) is 0. The molecule has 0 rings (SSSR count). The third kappa shape index (κ3) is 2.42. The summed E-state index contributed by atoms with van der Waals surface area (Å²) in [6.07, 6.45) is 1.04. The van der Waals surface area contributed by atoms with E-state index in [1.54, 1.807) is 13.8 Å². The van der Waals surface area contributed by atoms with Crippen molar-refractivity contribution in [2.75, 3.05) is 0 Å². The van der Waals surface area contributed by atoms with Crippen molar-refractivity contribution in [3.63, 3.8) is 0 Å². The van der Waals surface area contributed by atoms with E-state index >= 15 is 0 Å². The SMILES string of the molecule is CC(=N)/C(C)=C(/Cl)C=N. The molecule has 0 heterocycles. The summed E-state index contributed by atoms with van der Waals surface area (Å²) >= 11 is 5.51. The minimum Gasteiger partial charge on any atom is -0.307 e. The summed E-state index contributed by atoms with van der Waals surface area (Å²) in [6.45, 7) is 3.36. The molecule has 0 bridgehead atoms. The summed E-state index contributed by atoms with van der Waals surface area (Å²) in [5.74, 6) is 0. The van der Waals surface area contributed by atoms with Gasteiger partial charge in [0.1, 0.15) is 0 Å². The Bertz CT molecular complexity index is 170. The van der Waals surface area contributed by atoms with Crippen LogP contribution in [0.4, 0.5) is 0 Å². The van der Waals surface area contributed by atoms with E-state index in [1.165, 1.54) is 0 Å². The molecule has 0 aromatic rings. The molecule has 0 amide bonds. The summed E-state index contributed by atoms with van der Waals surface area (Å²) in [4.78, 5) is 0. The predicted octanol–water partition coefficient (Wildman–Crippen LogP) is 2.19. The monoisotopic (exact) mass is 144 g/mol. The van der Waals surface area contributed by atoms with Gasteiger partial charge in [-0.15, -0.1) is 0 Å². The fourth-order valence-electron chi connectivity index (χ4n) is 0.287. The maximum Gasteiger partial charge on any atom is 0.0628 e. The van der Waals surface area contributed by atoms with Gasteiger partial charge in [0.25, 0.3) is 0 Å². The first kappa shape index (κ1) is 8.37. The molecule has 50 valence electrons. The molecule has 0 fully saturated rings. The van der Waals surface area contributed by atoms with Crippen LogP contribution in [0.3, 0.4) is 0 Å². The zero-order valence-corrected chi connectivity index (χ0v) is 6.21. The first-order valence-electron chi connectivity index (χ1n) is 2.52. The first-order valence-corrected chi connectivity index (χ1v) is 2.89. The highest BCUT2D eigenvalue weighted by Crippen LogP contribution is 2.06. The van der Waals surface area contributed by atoms with Gasteiger partial charge in [-0.1, -0.05) is 11.6 Å². The van der Waals surface area contributed by atoms with E-state index in [1.807, 2.05) is 0 Å². The van der Waals surface area contributed by atoms with Crippen molar-refractivity contribution >= 4 is 23.5 Å². The van der Waals surface area contributed by atoms with Gasteiger partial charge in [0, 0.05) is 11.9 Å². The highest BCUT2D eigenvalue weighted by Gasteiger charge is 1.96. The molecule has 2 N–H and O–H groups in total. The molecule has 0 aliphatic heterocycles. The molecule has 2 nitrogen and oxygen atoms in total. The molecule has 0 aromatic carbocycles. The minimum atomic E-state index is 0.336. The number of rotatable bonds is 2. The summed E-state index contributed by atoms with van der Waals surface area (Å²) < 4.78 is 0. The van der Waals surface area contributed by atoms with Crippen LogP contribution in [0.15, 0.2) is 10.6 Å². The van der Waals surface area contributed by atoms with Crippen LogP contribution < -0.4 is 0 Å². The summed E-state index contributed by atoms with van der Waals surface area (Å²) in [5.41, 5.74) is 1.06. The Morgan fingerprint density at radius 1 is 1.44 bits per heavy atom. The van der Waals surface area contributed by atoms with E-state index < -0.39 is 0 Å². The van der Waals surface area contributed by atoms with Crippen LogP contribution in [0.1, 0.15) is 13.8 Å². The molecule has 0 saturated carbocycles. The van der Waals surface area contributed by atoms with E-state index in [0.29, 0.717) is 16.3 Å². The molecule has 0 atom stereocenters. The van der Waals surface area contributed by atoms with Gasteiger partial charge < -0.3 is 10.8 Å². The first-order chi connectivity index (χ1) is 4.09. The van der Waals surface area contributed by atoms with Crippen molar-refractivity contribution in [2.45, 2.75) is 13.8 Å². The normalized spacial score (nSPS) is 12.3. The van der Waals surface area contributed by atoms with E-state index in [9.17, 15) is 0 Å². The lowest BCUT2D eigenvalue weighted by Crippen LogP contribution is -1.93. The number of allylic oxidation sites excluding steroid dienone is 2. The molecule has 0 aliphatic carbocycles. The molecule has 0 aliphatic rings. The van der Waals surface area contributed by atoms with Crippen molar-refractivity contribution in [3.05, 3.63) is 10.6 Å². The second-order valence-corrected chi connectivity index (χ2v) is 2.15. The van der Waals surface area contributed by atoms with Gasteiger partial charge in [0.05, 0.1) is 5.03 Å². The average Bonchev–Trinajstić information content (AvgIpc) is 1.84. The largest absolute Gasteiger partial charge is 0.307 e. The maximum absolute atomic E-state index is 7.09. The van der Waals surface area contributed by atoms with Crippen molar-refractivity contribution < 1.29 is 0 Å². The average molecular weight is 145 g/mol. The van der Waals surface area contributed by atoms with Gasteiger partial charge in [0.15, 0.2) is 0 Å². The minimum absolute atomic E-state index is 0.336. The second-order valence-electron chi connectivity index (χ2n) is 1.74. The number of nitrogens with one attached hydrogen (secondary N) is 2. The van der Waals surface area contributed by atoms with Gasteiger partial charge in [-0.2, -0.15) is 0 Å². The van der Waals surface area contributed by atoms with Gasteiger partial charge in [-0.05, 0) is 19.4 Å². The Balaban J connectivity index is 4.47. The van der Waals surface area contributed by atoms with Gasteiger partial charge in [0.2, 0.25) is 0 Å². The maximum atomic E-state index is 7.09. The van der Waals surface area contributed by atoms with Crippen LogP contribution in [-0.2, 0) is 0 Å². The quantitative estimate of drug-likeness (QED) is 0.559. The fourth-order valence-corrected chi connectivity index (χ4v) is 0.429. The molecule has 0 aromatic heterocycles. The lowest BCUT2D eigenvalue weighted by molar-refractivity contribution is 1.42. The van der Waals surface area contributed by atoms with Crippen LogP contribution in [0.2, 0.25) is 0 Å². The van der Waals surface area contributed by atoms with Crippen molar-refractivity contribution in [2.24, 2.45) is 0 Å². The zero-order chi connectivity index (χ0) is 7.44. The Morgan fingerprint density at radius 2 is 1.89 bits per heavy atom. The van der Waals surface area contributed by atoms with Gasteiger partial charge in [-0.25, -0.2) is 0 Å². The molecule has 0 radical (unpaired) electrons. The smallest absolute Gasteiger partial charge is 0.0628 e. The number of halogens is 1. The lowest BCUT2D eigenvalue weighted by atomic mass is 10.2. The van der Waals surface area contributed by atoms with Crippen molar-refractivity contribution in [1.29, 1.82) is 10.8 Å². The van der Waals surface area contributed by atoms with E-state index in [4.69, 9.17) is 22.4 Å². The van der Waals surface area contributed by atoms with Crippen LogP contribution in [0.25, 0.3) is 0 Å². The Labute approximate surface area is 59.5 Å². The topological polar surface area (TPSA) is 47.7 Å². The fraction of sp³-hybridized carbons (Fsp3) is 0.333. The van der Waals surface area contributed by atoms with Gasteiger partial charge >= 0.3 is 0 Å². The van der Waals surface area contributed by atoms with Gasteiger partial charge in [-0.3, -0.25) is 0 Å². The highest BCUT2D eigenvalue weighted by molar-refractivity contribution is 6.41. The molecular formula is C6H9ClN2. The zero-order valence-electron chi connectivity index (χ0n) is 5.46. The highest BCUT2D eigenvalue weighted by atomic mass is 35.5. The summed E-state index contributed by atoms with van der Waals surface area (Å²) in [7, 11) is 0. The van der Waals surface area contributed by atoms with Crippen LogP contribution in [0.5, 0.6) is 0 Å². The molecule has 0 spiro atoms. The van der Waals surface area contributed by atoms with Crippen molar-refractivity contribution in [1.82, 2.24) is 0 Å². The Morgan fingerprint density at radius 3 is 2.00 bits per heavy atom. The third-order valence-electron chi connectivity index (χ3n) is 1.05. The predicted molar refractivity (Wildman–Crippen MR) is 40.7 cm³/mol. The number of hydrogen-bond donors (Lipinski definition) is 2. The Hall–Kier alpha value is -0.630. The standard InChI is InChI=1S/C6H9ClN2/c1-4(5(2)9)6(7)3-8/h3,8-9H,1-2H3/b6-4+,8-3?,9-5?. The molecule has 0 unspecified atom stereocenters. The number of hydrogen-bond acceptors (Lipinski definition) is 2. The molecule has 3 heteroatoms. The molecular weight excluding hydrogens is 136 g/mol. The van der Waals surface area contributed by atoms with Crippen LogP contribution >= 0.6 is 11.6 Å². The van der Waals surface area contributed by atoms with Crippen LogP contribution in [-0.4, -0.2) is 11.9 Å². The summed E-state index contributed by atoms with van der Waals surface area (Å²) in [5, 5.41) is 14.1. The molecule has 9 heavy (non-hydrogen) atoms. The van der Waals surface area contributed by atoms with Crippen molar-refractivity contribution in [3.8, 4) is 0 Å². The molecule has 0 saturated heterocycles. The van der Waals surface area contributed by atoms with E-state index in [0.717, 1.165) is 6.21 Å². The van der Waals surface area contributed by atoms with Crippen LogP contribution in [0, 0.1) is 10.8 Å². The third-order valence-corrected chi connectivity index (χ3v) is 1.44. The second kappa shape index (κ2) is 3.41. The van der Waals surface area contributed by atoms with E-state index in [2.05, 4.69) is 0 Å². The van der Waals surface area contributed by atoms with E-state index in [-0.39, 0.29) is 0 Å². The Kier molecular flexibility index (Phi) is 3.17.